The van der Waals surface area contributed by atoms with E-state index >= 15 is 0 Å². The molecule has 0 fully saturated rings. The number of hydrogen-bond donors (Lipinski definition) is 1. The average Bonchev–Trinajstić information content (AvgIpc) is 2.77. The predicted molar refractivity (Wildman–Crippen MR) is 75.4 cm³/mol. The molecule has 1 amide bonds. The summed E-state index contributed by atoms with van der Waals surface area (Å²) in [5.41, 5.74) is 2.42. The molecule has 1 aliphatic heterocycles. The van der Waals surface area contributed by atoms with Crippen LogP contribution >= 0.6 is 0 Å². The number of carbonyl (C=O) groups excluding carboxylic acids is 1. The number of fused-ring (bicyclic) bond motifs is 1. The van der Waals surface area contributed by atoms with Crippen LogP contribution in [0.25, 0.3) is 0 Å². The normalized spacial score (nSPS) is 17.9. The van der Waals surface area contributed by atoms with Crippen LogP contribution in [0.5, 0.6) is 0 Å². The van der Waals surface area contributed by atoms with Crippen molar-refractivity contribution in [3.8, 4) is 0 Å². The molecule has 2 heterocycles. The summed E-state index contributed by atoms with van der Waals surface area (Å²) in [6.07, 6.45) is 1.80. The van der Waals surface area contributed by atoms with E-state index in [0.717, 1.165) is 13.1 Å². The highest BCUT2D eigenvalue weighted by Gasteiger charge is 2.27. The Bertz CT molecular complexity index is 507. The molecule has 110 valence electrons. The summed E-state index contributed by atoms with van der Waals surface area (Å²) in [6, 6.07) is 4.28. The van der Waals surface area contributed by atoms with Gasteiger partial charge in [-0.25, -0.2) is 0 Å². The van der Waals surface area contributed by atoms with Crippen LogP contribution in [0, 0.1) is 6.92 Å². The van der Waals surface area contributed by atoms with Gasteiger partial charge in [-0.1, -0.05) is 0 Å². The summed E-state index contributed by atoms with van der Waals surface area (Å²) in [6.45, 7) is 5.72. The Morgan fingerprint density at radius 3 is 2.65 bits per heavy atom. The summed E-state index contributed by atoms with van der Waals surface area (Å²) < 4.78 is 2.26. The average molecular weight is 278 g/mol. The Kier molecular flexibility index (Phi) is 4.47. The van der Waals surface area contributed by atoms with Crippen LogP contribution in [0.4, 0.5) is 0 Å². The lowest BCUT2D eigenvalue weighted by Crippen LogP contribution is -2.40. The first-order chi connectivity index (χ1) is 9.50. The maximum Gasteiger partial charge on any atom is 0.303 e. The van der Waals surface area contributed by atoms with E-state index in [1.807, 2.05) is 4.90 Å². The number of carbonyl (C=O) groups is 2. The smallest absolute Gasteiger partial charge is 0.303 e. The van der Waals surface area contributed by atoms with Gasteiger partial charge in [0.25, 0.3) is 0 Å². The lowest BCUT2D eigenvalue weighted by Gasteiger charge is -2.35. The maximum atomic E-state index is 12.2. The van der Waals surface area contributed by atoms with Crippen LogP contribution in [-0.2, 0) is 16.1 Å². The SMILES string of the molecule is Cc1ccc2n1CCN(C(=O)CCCCC(=O)O)C2C. The van der Waals surface area contributed by atoms with Crippen LogP contribution in [0.3, 0.4) is 0 Å². The molecule has 1 aromatic rings. The zero-order chi connectivity index (χ0) is 14.7. The van der Waals surface area contributed by atoms with E-state index in [4.69, 9.17) is 5.11 Å². The molecule has 1 unspecified atom stereocenters. The number of aryl methyl sites for hydroxylation is 1. The van der Waals surface area contributed by atoms with Gasteiger partial charge < -0.3 is 14.6 Å². The topological polar surface area (TPSA) is 62.5 Å². The quantitative estimate of drug-likeness (QED) is 0.841. The maximum absolute atomic E-state index is 12.2. The second-order valence-corrected chi connectivity index (χ2v) is 5.42. The van der Waals surface area contributed by atoms with Gasteiger partial charge in [-0.15, -0.1) is 0 Å². The van der Waals surface area contributed by atoms with Crippen LogP contribution in [-0.4, -0.2) is 33.0 Å². The first kappa shape index (κ1) is 14.6. The van der Waals surface area contributed by atoms with Gasteiger partial charge in [0.2, 0.25) is 5.91 Å². The minimum atomic E-state index is -0.794. The molecule has 5 heteroatoms. The van der Waals surface area contributed by atoms with Crippen molar-refractivity contribution < 1.29 is 14.7 Å². The Labute approximate surface area is 119 Å². The van der Waals surface area contributed by atoms with E-state index in [1.54, 1.807) is 0 Å². The van der Waals surface area contributed by atoms with Gasteiger partial charge in [-0.2, -0.15) is 0 Å². The second kappa shape index (κ2) is 6.11. The van der Waals surface area contributed by atoms with Crippen molar-refractivity contribution in [2.75, 3.05) is 6.54 Å². The first-order valence-corrected chi connectivity index (χ1v) is 7.18. The van der Waals surface area contributed by atoms with Crippen molar-refractivity contribution >= 4 is 11.9 Å². The van der Waals surface area contributed by atoms with Gasteiger partial charge in [0, 0.05) is 37.3 Å². The monoisotopic (exact) mass is 278 g/mol. The fraction of sp³-hybridized carbons (Fsp3) is 0.600. The number of aliphatic carboxylic acids is 1. The molecule has 1 N–H and O–H groups in total. The molecule has 1 atom stereocenters. The highest BCUT2D eigenvalue weighted by molar-refractivity contribution is 5.77. The molecule has 1 aliphatic rings. The van der Waals surface area contributed by atoms with Gasteiger partial charge in [0.05, 0.1) is 6.04 Å². The van der Waals surface area contributed by atoms with E-state index in [2.05, 4.69) is 30.5 Å². The lowest BCUT2D eigenvalue weighted by molar-refractivity contribution is -0.138. The number of unbranched alkanes of at least 4 members (excludes halogenated alkanes) is 1. The fourth-order valence-corrected chi connectivity index (χ4v) is 2.86. The summed E-state index contributed by atoms with van der Waals surface area (Å²) in [7, 11) is 0. The number of amides is 1. The van der Waals surface area contributed by atoms with Gasteiger partial charge in [-0.3, -0.25) is 9.59 Å². The third-order valence-corrected chi connectivity index (χ3v) is 4.04. The fourth-order valence-electron chi connectivity index (χ4n) is 2.86. The van der Waals surface area contributed by atoms with Crippen molar-refractivity contribution in [2.24, 2.45) is 0 Å². The number of carboxylic acid groups (broad SMARTS) is 1. The predicted octanol–water partition coefficient (Wildman–Crippen LogP) is 2.34. The van der Waals surface area contributed by atoms with Crippen LogP contribution in [0.1, 0.15) is 50.0 Å². The van der Waals surface area contributed by atoms with E-state index in [-0.39, 0.29) is 18.4 Å². The molecule has 5 nitrogen and oxygen atoms in total. The molecule has 20 heavy (non-hydrogen) atoms. The Morgan fingerprint density at radius 2 is 1.95 bits per heavy atom. The molecular formula is C15H22N2O3. The number of nitrogens with zero attached hydrogens (tertiary/aromatic N) is 2. The zero-order valence-electron chi connectivity index (χ0n) is 12.1. The van der Waals surface area contributed by atoms with Crippen molar-refractivity contribution in [2.45, 2.75) is 52.1 Å². The van der Waals surface area contributed by atoms with Crippen molar-refractivity contribution in [1.82, 2.24) is 9.47 Å². The molecule has 0 saturated heterocycles. The van der Waals surface area contributed by atoms with Gasteiger partial charge in [-0.05, 0) is 38.8 Å². The summed E-state index contributed by atoms with van der Waals surface area (Å²) in [5.74, 6) is -0.662. The second-order valence-electron chi connectivity index (χ2n) is 5.42. The van der Waals surface area contributed by atoms with Crippen molar-refractivity contribution in [3.05, 3.63) is 23.5 Å². The van der Waals surface area contributed by atoms with Gasteiger partial charge in [0.1, 0.15) is 0 Å². The van der Waals surface area contributed by atoms with Crippen LogP contribution in [0.15, 0.2) is 12.1 Å². The number of rotatable bonds is 5. The highest BCUT2D eigenvalue weighted by Crippen LogP contribution is 2.27. The number of carboxylic acids is 1. The molecule has 0 aliphatic carbocycles. The molecule has 1 aromatic heterocycles. The van der Waals surface area contributed by atoms with Crippen molar-refractivity contribution in [1.29, 1.82) is 0 Å². The number of hydrogen-bond acceptors (Lipinski definition) is 2. The molecule has 0 saturated carbocycles. The summed E-state index contributed by atoms with van der Waals surface area (Å²) in [4.78, 5) is 24.6. The van der Waals surface area contributed by atoms with E-state index in [9.17, 15) is 9.59 Å². The Hall–Kier alpha value is -1.78. The van der Waals surface area contributed by atoms with Crippen LogP contribution in [0.2, 0.25) is 0 Å². The van der Waals surface area contributed by atoms with E-state index < -0.39 is 5.97 Å². The number of aromatic nitrogens is 1. The van der Waals surface area contributed by atoms with Gasteiger partial charge >= 0.3 is 5.97 Å². The lowest BCUT2D eigenvalue weighted by atomic mass is 10.1. The Balaban J connectivity index is 1.90. The molecule has 0 radical (unpaired) electrons. The van der Waals surface area contributed by atoms with E-state index in [1.165, 1.54) is 11.4 Å². The standard InChI is InChI=1S/C15H22N2O3/c1-11-7-8-13-12(2)17(10-9-16(11)13)14(18)5-3-4-6-15(19)20/h7-8,12H,3-6,9-10H2,1-2H3,(H,19,20). The third-order valence-electron chi connectivity index (χ3n) is 4.04. The Morgan fingerprint density at radius 1 is 1.25 bits per heavy atom. The van der Waals surface area contributed by atoms with Gasteiger partial charge in [0.15, 0.2) is 0 Å². The zero-order valence-corrected chi connectivity index (χ0v) is 12.1. The summed E-state index contributed by atoms with van der Waals surface area (Å²) in [5, 5.41) is 8.58. The molecule has 0 aromatic carbocycles. The van der Waals surface area contributed by atoms with Crippen LogP contribution < -0.4 is 0 Å². The summed E-state index contributed by atoms with van der Waals surface area (Å²) >= 11 is 0. The van der Waals surface area contributed by atoms with Crippen molar-refractivity contribution in [3.63, 3.8) is 0 Å². The molecule has 0 spiro atoms. The largest absolute Gasteiger partial charge is 0.481 e. The third kappa shape index (κ3) is 3.03. The first-order valence-electron chi connectivity index (χ1n) is 7.18. The highest BCUT2D eigenvalue weighted by atomic mass is 16.4. The minimum Gasteiger partial charge on any atom is -0.481 e. The molecular weight excluding hydrogens is 256 g/mol. The molecule has 2 rings (SSSR count). The minimum absolute atomic E-state index is 0.101. The molecule has 0 bridgehead atoms. The van der Waals surface area contributed by atoms with E-state index in [0.29, 0.717) is 19.3 Å².